The van der Waals surface area contributed by atoms with Gasteiger partial charge >= 0.3 is 0 Å². The molecular weight excluding hydrogens is 817 g/mol. The van der Waals surface area contributed by atoms with Crippen LogP contribution in [0, 0.1) is 32.5 Å². The van der Waals surface area contributed by atoms with Crippen LogP contribution in [0.15, 0.2) is 158 Å². The molecule has 8 aliphatic carbocycles. The first-order chi connectivity index (χ1) is 32.7. The fourth-order valence-electron chi connectivity index (χ4n) is 18.5. The molecule has 8 saturated carbocycles. The van der Waals surface area contributed by atoms with Crippen LogP contribution in [0.2, 0.25) is 0 Å². The molecule has 8 bridgehead atoms. The number of rotatable bonds is 11. The van der Waals surface area contributed by atoms with E-state index in [0.29, 0.717) is 32.5 Å². The highest BCUT2D eigenvalue weighted by Crippen LogP contribution is 2.85. The first-order valence-electron chi connectivity index (χ1n) is 26.0. The predicted octanol–water partition coefficient (Wildman–Crippen LogP) is 18.3. The maximum atomic E-state index is 2.75. The van der Waals surface area contributed by atoms with E-state index in [-0.39, 0.29) is 10.8 Å². The van der Waals surface area contributed by atoms with Crippen molar-refractivity contribution in [3.63, 3.8) is 0 Å². The Labute approximate surface area is 408 Å². The van der Waals surface area contributed by atoms with E-state index in [9.17, 15) is 0 Å². The van der Waals surface area contributed by atoms with Gasteiger partial charge in [-0.3, -0.25) is 0 Å². The fraction of sp³-hybridized carbons (Fsp3) is 0.353. The van der Waals surface area contributed by atoms with Crippen molar-refractivity contribution in [2.45, 2.75) is 116 Å². The maximum Gasteiger partial charge on any atom is -0.00307 e. The van der Waals surface area contributed by atoms with E-state index in [1.807, 2.05) is 0 Å². The average Bonchev–Trinajstić information content (AvgIpc) is 3.30. The Morgan fingerprint density at radius 3 is 0.735 bits per heavy atom. The Morgan fingerprint density at radius 2 is 0.485 bits per heavy atom. The normalized spacial score (nSPS) is 34.6. The van der Waals surface area contributed by atoms with Gasteiger partial charge in [-0.1, -0.05) is 222 Å². The molecule has 14 rings (SSSR count). The Morgan fingerprint density at radius 1 is 0.250 bits per heavy atom. The first kappa shape index (κ1) is 43.6. The van der Waals surface area contributed by atoms with E-state index in [0.717, 1.165) is 0 Å². The molecule has 0 spiro atoms. The Hall–Kier alpha value is -5.72. The summed E-state index contributed by atoms with van der Waals surface area (Å²) in [5.41, 5.74) is 15.7. The van der Waals surface area contributed by atoms with Gasteiger partial charge in [0.2, 0.25) is 0 Å². The second-order valence-corrected chi connectivity index (χ2v) is 25.2. The molecule has 0 aliphatic heterocycles. The van der Waals surface area contributed by atoms with E-state index < -0.39 is 0 Å². The highest BCUT2D eigenvalue weighted by molar-refractivity contribution is 5.77. The van der Waals surface area contributed by atoms with Crippen LogP contribution in [0.3, 0.4) is 0 Å². The molecular formula is C68H70. The van der Waals surface area contributed by atoms with Gasteiger partial charge in [0.1, 0.15) is 0 Å². The van der Waals surface area contributed by atoms with Crippen molar-refractivity contribution in [2.75, 3.05) is 0 Å². The van der Waals surface area contributed by atoms with Crippen LogP contribution in [0.5, 0.6) is 0 Å². The summed E-state index contributed by atoms with van der Waals surface area (Å²) in [6.45, 7) is 11.0. The summed E-state index contributed by atoms with van der Waals surface area (Å²) in [4.78, 5) is 0. The highest BCUT2D eigenvalue weighted by Gasteiger charge is 2.76. The molecule has 4 atom stereocenters. The highest BCUT2D eigenvalue weighted by atomic mass is 14.8. The van der Waals surface area contributed by atoms with Gasteiger partial charge in [0.05, 0.1) is 0 Å². The number of hydrogen-bond acceptors (Lipinski definition) is 0. The van der Waals surface area contributed by atoms with Gasteiger partial charge in [0.25, 0.3) is 0 Å². The maximum absolute atomic E-state index is 2.75. The van der Waals surface area contributed by atoms with Gasteiger partial charge in [-0.05, 0) is 188 Å². The van der Waals surface area contributed by atoms with Crippen molar-refractivity contribution in [2.24, 2.45) is 32.5 Å². The zero-order valence-corrected chi connectivity index (χ0v) is 41.1. The van der Waals surface area contributed by atoms with Gasteiger partial charge < -0.3 is 0 Å². The van der Waals surface area contributed by atoms with E-state index >= 15 is 0 Å². The van der Waals surface area contributed by atoms with E-state index in [2.05, 4.69) is 234 Å². The zero-order chi connectivity index (χ0) is 46.3. The van der Waals surface area contributed by atoms with Crippen LogP contribution in [-0.4, -0.2) is 0 Å². The van der Waals surface area contributed by atoms with Gasteiger partial charge in [-0.25, -0.2) is 0 Å². The minimum atomic E-state index is 0.153. The van der Waals surface area contributed by atoms with Crippen molar-refractivity contribution in [3.05, 3.63) is 213 Å². The lowest BCUT2D eigenvalue weighted by Gasteiger charge is -2.80. The monoisotopic (exact) mass is 887 g/mol. The molecule has 68 heavy (non-hydrogen) atoms. The van der Waals surface area contributed by atoms with Crippen LogP contribution in [0.25, 0.3) is 48.6 Å². The molecule has 6 aromatic carbocycles. The van der Waals surface area contributed by atoms with Crippen LogP contribution in [-0.2, 0) is 10.8 Å². The molecule has 0 heteroatoms. The lowest BCUT2D eigenvalue weighted by molar-refractivity contribution is -0.275. The van der Waals surface area contributed by atoms with Gasteiger partial charge in [0.15, 0.2) is 0 Å². The Balaban J connectivity index is 0.975. The lowest BCUT2D eigenvalue weighted by Crippen LogP contribution is -2.71. The molecule has 0 nitrogen and oxygen atoms in total. The van der Waals surface area contributed by atoms with Crippen molar-refractivity contribution in [1.82, 2.24) is 0 Å². The van der Waals surface area contributed by atoms with Crippen molar-refractivity contribution in [3.8, 4) is 0 Å². The van der Waals surface area contributed by atoms with E-state index in [4.69, 9.17) is 0 Å². The molecule has 4 unspecified atom stereocenters. The van der Waals surface area contributed by atoms with Crippen LogP contribution in [0.1, 0.15) is 160 Å². The Bertz CT molecular complexity index is 2590. The minimum absolute atomic E-state index is 0.153. The standard InChI is InChI=1S/C68H70/c1-61-39-62(2)42-65(41-61,59-35-55(29-25-51-17-9-5-10-18-51)33-56(36-59)30-26-52-19-11-6-12-20-52)49-67(45-61,46-62)68-47-63(3)40-64(4,48-68)44-66(43-63,50-68)60-37-57(31-27-53-21-13-7-14-22-53)34-58(38-60)32-28-54-23-15-8-16-24-54/h5-38H,39-50H2,1-4H3/b29-25+,30-26+,31-27+,32-28+. The van der Waals surface area contributed by atoms with E-state index in [1.165, 1.54) is 122 Å². The molecule has 0 heterocycles. The SMILES string of the molecule is CC12CC3(C)CC(c4cc(/C=C/c5ccccc5)cc(/C=C/c5ccccc5)c4)(C1)CC(C14CC5(C)CC(C)(CC(c6cc(/C=C/c7ccccc7)cc(/C=C/c7ccccc7)c6)(C5)C1)C4)(C2)C3. The third-order valence-corrected chi connectivity index (χ3v) is 18.6. The second kappa shape index (κ2) is 15.9. The summed E-state index contributed by atoms with van der Waals surface area (Å²) >= 11 is 0. The third-order valence-electron chi connectivity index (χ3n) is 18.6. The number of hydrogen-bond donors (Lipinski definition) is 0. The zero-order valence-electron chi connectivity index (χ0n) is 41.1. The van der Waals surface area contributed by atoms with Crippen molar-refractivity contribution in [1.29, 1.82) is 0 Å². The van der Waals surface area contributed by atoms with Crippen molar-refractivity contribution >= 4 is 48.6 Å². The Kier molecular flexibility index (Phi) is 10.2. The van der Waals surface area contributed by atoms with Crippen LogP contribution in [0.4, 0.5) is 0 Å². The number of benzene rings is 6. The third kappa shape index (κ3) is 7.95. The smallest absolute Gasteiger partial charge is 0.00307 e. The second-order valence-electron chi connectivity index (χ2n) is 25.2. The minimum Gasteiger partial charge on any atom is -0.0622 e. The molecule has 0 radical (unpaired) electrons. The summed E-state index contributed by atoms with van der Waals surface area (Å²) in [6.07, 6.45) is 35.1. The molecule has 8 aliphatic rings. The summed E-state index contributed by atoms with van der Waals surface area (Å²) in [6, 6.07) is 58.8. The van der Waals surface area contributed by atoms with Crippen LogP contribution >= 0.6 is 0 Å². The topological polar surface area (TPSA) is 0 Å². The van der Waals surface area contributed by atoms with Gasteiger partial charge in [-0.2, -0.15) is 0 Å². The molecule has 0 saturated heterocycles. The summed E-state index contributed by atoms with van der Waals surface area (Å²) < 4.78 is 0. The van der Waals surface area contributed by atoms with Gasteiger partial charge in [-0.15, -0.1) is 0 Å². The molecule has 0 N–H and O–H groups in total. The largest absolute Gasteiger partial charge is 0.0622 e. The molecule has 342 valence electrons. The van der Waals surface area contributed by atoms with Crippen molar-refractivity contribution < 1.29 is 0 Å². The quantitative estimate of drug-likeness (QED) is 0.114. The molecule has 0 amide bonds. The summed E-state index contributed by atoms with van der Waals surface area (Å²) in [5, 5.41) is 0. The summed E-state index contributed by atoms with van der Waals surface area (Å²) in [5.74, 6) is 0. The first-order valence-corrected chi connectivity index (χ1v) is 26.0. The molecule has 8 fully saturated rings. The lowest BCUT2D eigenvalue weighted by atomic mass is 9.24. The molecule has 6 aromatic rings. The van der Waals surface area contributed by atoms with Gasteiger partial charge in [0, 0.05) is 0 Å². The predicted molar refractivity (Wildman–Crippen MR) is 290 cm³/mol. The van der Waals surface area contributed by atoms with E-state index in [1.54, 1.807) is 11.1 Å². The summed E-state index contributed by atoms with van der Waals surface area (Å²) in [7, 11) is 0. The average molecular weight is 887 g/mol. The molecule has 0 aromatic heterocycles. The fourth-order valence-corrected chi connectivity index (χ4v) is 18.5. The van der Waals surface area contributed by atoms with Crippen LogP contribution < -0.4 is 0 Å².